The third-order valence-electron chi connectivity index (χ3n) is 3.75. The van der Waals surface area contributed by atoms with Crippen LogP contribution in [0.15, 0.2) is 53.8 Å². The van der Waals surface area contributed by atoms with Crippen molar-refractivity contribution in [3.05, 3.63) is 59.9 Å². The van der Waals surface area contributed by atoms with Crippen molar-refractivity contribution in [1.29, 1.82) is 0 Å². The molecule has 1 heterocycles. The molecule has 0 bridgehead atoms. The molecule has 0 saturated heterocycles. The summed E-state index contributed by atoms with van der Waals surface area (Å²) < 4.78 is 10.6. The van der Waals surface area contributed by atoms with E-state index in [0.717, 1.165) is 49.0 Å². The van der Waals surface area contributed by atoms with E-state index < -0.39 is 0 Å². The van der Waals surface area contributed by atoms with Gasteiger partial charge in [0.05, 0.1) is 13.7 Å². The van der Waals surface area contributed by atoms with Gasteiger partial charge in [-0.1, -0.05) is 12.1 Å². The molecule has 0 aliphatic heterocycles. The van der Waals surface area contributed by atoms with Crippen molar-refractivity contribution in [3.8, 4) is 5.75 Å². The van der Waals surface area contributed by atoms with Gasteiger partial charge in [0.25, 0.3) is 0 Å². The highest BCUT2D eigenvalue weighted by molar-refractivity contribution is 14.0. The lowest BCUT2D eigenvalue weighted by atomic mass is 10.2. The second-order valence-electron chi connectivity index (χ2n) is 5.70. The molecule has 2 aromatic rings. The zero-order valence-corrected chi connectivity index (χ0v) is 18.3. The molecular weight excluding hydrogens is 455 g/mol. The van der Waals surface area contributed by atoms with Crippen LogP contribution in [0.25, 0.3) is 0 Å². The standard InChI is InChI=1S/C20H28N4O2.HI/c1-3-26-14-4-11-22-20(24-16-18-9-12-21-13-10-18)23-15-17-5-7-19(25-2)8-6-17;/h5-10,12-13H,3-4,11,14-16H2,1-2H3,(H2,22,23,24);1H. The van der Waals surface area contributed by atoms with Gasteiger partial charge in [-0.15, -0.1) is 24.0 Å². The summed E-state index contributed by atoms with van der Waals surface area (Å²) in [6.45, 7) is 5.61. The summed E-state index contributed by atoms with van der Waals surface area (Å²) in [5.74, 6) is 1.64. The SMILES string of the molecule is CCOCCCNC(=NCc1ccc(OC)cc1)NCc1ccncc1.I. The lowest BCUT2D eigenvalue weighted by Gasteiger charge is -2.13. The molecule has 0 radical (unpaired) electrons. The van der Waals surface area contributed by atoms with Crippen molar-refractivity contribution in [1.82, 2.24) is 15.6 Å². The zero-order chi connectivity index (χ0) is 18.5. The van der Waals surface area contributed by atoms with Crippen molar-refractivity contribution in [2.75, 3.05) is 26.9 Å². The van der Waals surface area contributed by atoms with E-state index in [2.05, 4.69) is 20.6 Å². The fourth-order valence-corrected chi connectivity index (χ4v) is 2.29. The molecule has 6 nitrogen and oxygen atoms in total. The third-order valence-corrected chi connectivity index (χ3v) is 3.75. The Labute approximate surface area is 178 Å². The highest BCUT2D eigenvalue weighted by Crippen LogP contribution is 2.11. The molecule has 0 fully saturated rings. The second-order valence-corrected chi connectivity index (χ2v) is 5.70. The number of halogens is 1. The van der Waals surface area contributed by atoms with E-state index in [0.29, 0.717) is 13.1 Å². The molecule has 2 N–H and O–H groups in total. The largest absolute Gasteiger partial charge is 0.497 e. The topological polar surface area (TPSA) is 67.8 Å². The van der Waals surface area contributed by atoms with E-state index >= 15 is 0 Å². The van der Waals surface area contributed by atoms with E-state index in [9.17, 15) is 0 Å². The van der Waals surface area contributed by atoms with Gasteiger partial charge in [-0.25, -0.2) is 4.99 Å². The van der Waals surface area contributed by atoms with Crippen molar-refractivity contribution in [2.45, 2.75) is 26.4 Å². The van der Waals surface area contributed by atoms with Gasteiger partial charge in [0.1, 0.15) is 5.75 Å². The van der Waals surface area contributed by atoms with Crippen molar-refractivity contribution in [3.63, 3.8) is 0 Å². The first-order chi connectivity index (χ1) is 12.8. The highest BCUT2D eigenvalue weighted by atomic mass is 127. The number of aromatic nitrogens is 1. The molecule has 1 aromatic heterocycles. The lowest BCUT2D eigenvalue weighted by Crippen LogP contribution is -2.37. The number of hydrogen-bond donors (Lipinski definition) is 2. The monoisotopic (exact) mass is 484 g/mol. The van der Waals surface area contributed by atoms with Crippen molar-refractivity contribution >= 4 is 29.9 Å². The Morgan fingerprint density at radius 3 is 2.44 bits per heavy atom. The highest BCUT2D eigenvalue weighted by Gasteiger charge is 2.00. The van der Waals surface area contributed by atoms with Crippen molar-refractivity contribution in [2.24, 2.45) is 4.99 Å². The molecule has 0 aliphatic carbocycles. The van der Waals surface area contributed by atoms with Gasteiger partial charge in [0, 0.05) is 38.7 Å². The summed E-state index contributed by atoms with van der Waals surface area (Å²) in [6, 6.07) is 11.9. The first kappa shape index (κ1) is 23.2. The molecule has 148 valence electrons. The minimum absolute atomic E-state index is 0. The minimum Gasteiger partial charge on any atom is -0.497 e. The Hall–Kier alpha value is -1.87. The molecule has 2 rings (SSSR count). The van der Waals surface area contributed by atoms with Crippen LogP contribution in [0.5, 0.6) is 5.75 Å². The summed E-state index contributed by atoms with van der Waals surface area (Å²) >= 11 is 0. The van der Waals surface area contributed by atoms with Crippen LogP contribution in [0.1, 0.15) is 24.5 Å². The van der Waals surface area contributed by atoms with Crippen LogP contribution >= 0.6 is 24.0 Å². The number of methoxy groups -OCH3 is 1. The van der Waals surface area contributed by atoms with Gasteiger partial charge in [0.2, 0.25) is 0 Å². The summed E-state index contributed by atoms with van der Waals surface area (Å²) in [6.07, 6.45) is 4.52. The summed E-state index contributed by atoms with van der Waals surface area (Å²) in [4.78, 5) is 8.72. The fourth-order valence-electron chi connectivity index (χ4n) is 2.29. The van der Waals surface area contributed by atoms with Crippen LogP contribution in [0, 0.1) is 0 Å². The van der Waals surface area contributed by atoms with Crippen LogP contribution in [-0.4, -0.2) is 37.8 Å². The Balaban J connectivity index is 0.00000364. The Morgan fingerprint density at radius 1 is 1.04 bits per heavy atom. The number of pyridine rings is 1. The normalized spacial score (nSPS) is 10.8. The Kier molecular flexibility index (Phi) is 12.2. The summed E-state index contributed by atoms with van der Waals surface area (Å²) in [5, 5.41) is 6.73. The predicted molar refractivity (Wildman–Crippen MR) is 120 cm³/mol. The second kappa shape index (κ2) is 14.2. The number of aliphatic imine (C=N–C) groups is 1. The van der Waals surface area contributed by atoms with Crippen LogP contribution in [0.3, 0.4) is 0 Å². The maximum Gasteiger partial charge on any atom is 0.191 e. The van der Waals surface area contributed by atoms with Crippen LogP contribution in [0.2, 0.25) is 0 Å². The van der Waals surface area contributed by atoms with Gasteiger partial charge in [0.15, 0.2) is 5.96 Å². The molecule has 0 amide bonds. The Bertz CT molecular complexity index is 651. The third kappa shape index (κ3) is 9.58. The number of nitrogens with one attached hydrogen (secondary N) is 2. The minimum atomic E-state index is 0. The quantitative estimate of drug-likeness (QED) is 0.234. The number of ether oxygens (including phenoxy) is 2. The zero-order valence-electron chi connectivity index (χ0n) is 16.0. The molecule has 0 aliphatic rings. The van der Waals surface area contributed by atoms with E-state index in [1.54, 1.807) is 19.5 Å². The number of benzene rings is 1. The first-order valence-corrected chi connectivity index (χ1v) is 8.93. The van der Waals surface area contributed by atoms with Crippen LogP contribution < -0.4 is 15.4 Å². The van der Waals surface area contributed by atoms with Crippen LogP contribution in [0.4, 0.5) is 0 Å². The molecular formula is C20H29IN4O2. The summed E-state index contributed by atoms with van der Waals surface area (Å²) in [7, 11) is 1.67. The average molecular weight is 484 g/mol. The van der Waals surface area contributed by atoms with Crippen molar-refractivity contribution < 1.29 is 9.47 Å². The average Bonchev–Trinajstić information content (AvgIpc) is 2.70. The van der Waals surface area contributed by atoms with Gasteiger partial charge in [-0.2, -0.15) is 0 Å². The smallest absolute Gasteiger partial charge is 0.191 e. The number of hydrogen-bond acceptors (Lipinski definition) is 4. The molecule has 27 heavy (non-hydrogen) atoms. The molecule has 1 aromatic carbocycles. The molecule has 0 spiro atoms. The maximum atomic E-state index is 5.38. The van der Waals surface area contributed by atoms with Gasteiger partial charge < -0.3 is 20.1 Å². The Morgan fingerprint density at radius 2 is 1.78 bits per heavy atom. The molecule has 0 atom stereocenters. The lowest BCUT2D eigenvalue weighted by molar-refractivity contribution is 0.145. The van der Waals surface area contributed by atoms with E-state index in [-0.39, 0.29) is 24.0 Å². The molecule has 0 saturated carbocycles. The summed E-state index contributed by atoms with van der Waals surface area (Å²) in [5.41, 5.74) is 2.29. The van der Waals surface area contributed by atoms with Gasteiger partial charge in [-0.05, 0) is 48.7 Å². The predicted octanol–water partition coefficient (Wildman–Crippen LogP) is 3.37. The van der Waals surface area contributed by atoms with Gasteiger partial charge in [-0.3, -0.25) is 4.98 Å². The number of rotatable bonds is 10. The molecule has 0 unspecified atom stereocenters. The number of nitrogens with zero attached hydrogens (tertiary/aromatic N) is 2. The first-order valence-electron chi connectivity index (χ1n) is 8.93. The van der Waals surface area contributed by atoms with E-state index in [1.165, 1.54) is 0 Å². The molecule has 7 heteroatoms. The van der Waals surface area contributed by atoms with Crippen LogP contribution in [-0.2, 0) is 17.8 Å². The maximum absolute atomic E-state index is 5.38. The fraction of sp³-hybridized carbons (Fsp3) is 0.400. The number of guanidine groups is 1. The van der Waals surface area contributed by atoms with Gasteiger partial charge >= 0.3 is 0 Å². The van der Waals surface area contributed by atoms with E-state index in [1.807, 2.05) is 43.3 Å². The van der Waals surface area contributed by atoms with E-state index in [4.69, 9.17) is 9.47 Å².